The standard InChI is InChI=1S/C17H22N4/c1-12-19-16-10-14(18-11-13-4-5-13)6-7-15(16)17(20-12)21-8-2-3-9-21/h6-7,10,13,18H,2-5,8-9,11H2,1H3. The molecule has 21 heavy (non-hydrogen) atoms. The number of rotatable bonds is 4. The third-order valence-electron chi connectivity index (χ3n) is 4.49. The molecule has 4 nitrogen and oxygen atoms in total. The molecule has 2 aromatic rings. The smallest absolute Gasteiger partial charge is 0.140 e. The van der Waals surface area contributed by atoms with Crippen molar-refractivity contribution in [2.45, 2.75) is 32.6 Å². The third kappa shape index (κ3) is 2.67. The minimum absolute atomic E-state index is 0.865. The average molecular weight is 282 g/mol. The molecule has 0 spiro atoms. The SMILES string of the molecule is Cc1nc(N2CCCC2)c2ccc(NCC3CC3)cc2n1. The van der Waals surface area contributed by atoms with Gasteiger partial charge in [0.15, 0.2) is 0 Å². The summed E-state index contributed by atoms with van der Waals surface area (Å²) in [6.45, 7) is 5.32. The van der Waals surface area contributed by atoms with E-state index in [2.05, 4.69) is 33.4 Å². The van der Waals surface area contributed by atoms with Crippen LogP contribution in [0.15, 0.2) is 18.2 Å². The van der Waals surface area contributed by atoms with Gasteiger partial charge in [-0.15, -0.1) is 0 Å². The highest BCUT2D eigenvalue weighted by Crippen LogP contribution is 2.31. The van der Waals surface area contributed by atoms with Crippen LogP contribution in [0.5, 0.6) is 0 Å². The van der Waals surface area contributed by atoms with Gasteiger partial charge < -0.3 is 10.2 Å². The van der Waals surface area contributed by atoms with Crippen LogP contribution >= 0.6 is 0 Å². The number of benzene rings is 1. The molecule has 1 aliphatic carbocycles. The molecule has 0 bridgehead atoms. The van der Waals surface area contributed by atoms with Crippen molar-refractivity contribution in [3.8, 4) is 0 Å². The number of fused-ring (bicyclic) bond motifs is 1. The van der Waals surface area contributed by atoms with Crippen molar-refractivity contribution in [1.29, 1.82) is 0 Å². The number of nitrogens with zero attached hydrogens (tertiary/aromatic N) is 3. The van der Waals surface area contributed by atoms with Crippen LogP contribution in [0.25, 0.3) is 10.9 Å². The lowest BCUT2D eigenvalue weighted by Crippen LogP contribution is -2.20. The van der Waals surface area contributed by atoms with E-state index in [9.17, 15) is 0 Å². The lowest BCUT2D eigenvalue weighted by atomic mass is 10.2. The molecule has 1 saturated carbocycles. The molecule has 2 aliphatic rings. The van der Waals surface area contributed by atoms with Gasteiger partial charge in [-0.3, -0.25) is 0 Å². The largest absolute Gasteiger partial charge is 0.385 e. The average Bonchev–Trinajstić information content (AvgIpc) is 3.15. The molecule has 1 aliphatic heterocycles. The number of aromatic nitrogens is 2. The van der Waals surface area contributed by atoms with Crippen molar-refractivity contribution < 1.29 is 0 Å². The molecule has 4 rings (SSSR count). The minimum atomic E-state index is 0.865. The predicted octanol–water partition coefficient (Wildman–Crippen LogP) is 3.36. The Morgan fingerprint density at radius 2 is 2.00 bits per heavy atom. The Balaban J connectivity index is 1.69. The van der Waals surface area contributed by atoms with Crippen molar-refractivity contribution in [3.63, 3.8) is 0 Å². The Hall–Kier alpha value is -1.84. The fourth-order valence-corrected chi connectivity index (χ4v) is 3.09. The van der Waals surface area contributed by atoms with E-state index in [0.29, 0.717) is 0 Å². The van der Waals surface area contributed by atoms with E-state index < -0.39 is 0 Å². The van der Waals surface area contributed by atoms with Crippen LogP contribution in [0.4, 0.5) is 11.5 Å². The number of nitrogens with one attached hydrogen (secondary N) is 1. The highest BCUT2D eigenvalue weighted by molar-refractivity contribution is 5.91. The summed E-state index contributed by atoms with van der Waals surface area (Å²) >= 11 is 0. The van der Waals surface area contributed by atoms with Gasteiger partial charge in [-0.25, -0.2) is 9.97 Å². The number of anilines is 2. The van der Waals surface area contributed by atoms with Gasteiger partial charge in [0.2, 0.25) is 0 Å². The molecular formula is C17H22N4. The topological polar surface area (TPSA) is 41.1 Å². The summed E-state index contributed by atoms with van der Waals surface area (Å²) in [5.41, 5.74) is 2.24. The van der Waals surface area contributed by atoms with Gasteiger partial charge in [-0.2, -0.15) is 0 Å². The van der Waals surface area contributed by atoms with E-state index in [1.54, 1.807) is 0 Å². The van der Waals surface area contributed by atoms with Gasteiger partial charge in [0, 0.05) is 30.7 Å². The van der Waals surface area contributed by atoms with E-state index in [1.807, 2.05) is 6.92 Å². The van der Waals surface area contributed by atoms with E-state index >= 15 is 0 Å². The molecule has 110 valence electrons. The fourth-order valence-electron chi connectivity index (χ4n) is 3.09. The monoisotopic (exact) mass is 282 g/mol. The Bertz CT molecular complexity index is 657. The number of hydrogen-bond acceptors (Lipinski definition) is 4. The quantitative estimate of drug-likeness (QED) is 0.933. The second-order valence-electron chi connectivity index (χ2n) is 6.34. The maximum atomic E-state index is 4.69. The first kappa shape index (κ1) is 12.9. The van der Waals surface area contributed by atoms with E-state index in [4.69, 9.17) is 4.98 Å². The van der Waals surface area contributed by atoms with Crippen molar-refractivity contribution in [2.75, 3.05) is 29.9 Å². The highest BCUT2D eigenvalue weighted by atomic mass is 15.2. The van der Waals surface area contributed by atoms with Gasteiger partial charge in [0.05, 0.1) is 5.52 Å². The summed E-state index contributed by atoms with van der Waals surface area (Å²) in [4.78, 5) is 11.7. The zero-order valence-corrected chi connectivity index (χ0v) is 12.6. The van der Waals surface area contributed by atoms with Crippen molar-refractivity contribution in [1.82, 2.24) is 9.97 Å². The lowest BCUT2D eigenvalue weighted by molar-refractivity contribution is 0.889. The summed E-state index contributed by atoms with van der Waals surface area (Å²) in [5, 5.41) is 4.71. The normalized spacial score (nSPS) is 18.4. The molecule has 1 aromatic heterocycles. The maximum Gasteiger partial charge on any atom is 0.140 e. The van der Waals surface area contributed by atoms with Crippen LogP contribution in [0.1, 0.15) is 31.5 Å². The van der Waals surface area contributed by atoms with Crippen LogP contribution in [0, 0.1) is 12.8 Å². The summed E-state index contributed by atoms with van der Waals surface area (Å²) in [7, 11) is 0. The Morgan fingerprint density at radius 1 is 1.19 bits per heavy atom. The summed E-state index contributed by atoms with van der Waals surface area (Å²) in [6, 6.07) is 6.52. The van der Waals surface area contributed by atoms with Gasteiger partial charge in [-0.05, 0) is 56.7 Å². The Kier molecular flexibility index (Phi) is 3.17. The van der Waals surface area contributed by atoms with E-state index in [-0.39, 0.29) is 0 Å². The second-order valence-corrected chi connectivity index (χ2v) is 6.34. The molecule has 1 N–H and O–H groups in total. The molecule has 0 unspecified atom stereocenters. The zero-order valence-electron chi connectivity index (χ0n) is 12.6. The minimum Gasteiger partial charge on any atom is -0.385 e. The first-order chi connectivity index (χ1) is 10.3. The molecule has 0 radical (unpaired) electrons. The molecule has 1 saturated heterocycles. The molecule has 0 amide bonds. The maximum absolute atomic E-state index is 4.69. The molecular weight excluding hydrogens is 260 g/mol. The van der Waals surface area contributed by atoms with Crippen LogP contribution in [0.3, 0.4) is 0 Å². The van der Waals surface area contributed by atoms with Crippen LogP contribution < -0.4 is 10.2 Å². The third-order valence-corrected chi connectivity index (χ3v) is 4.49. The molecule has 4 heteroatoms. The molecule has 0 atom stereocenters. The molecule has 1 aromatic carbocycles. The molecule has 2 fully saturated rings. The van der Waals surface area contributed by atoms with Crippen LogP contribution in [-0.4, -0.2) is 29.6 Å². The van der Waals surface area contributed by atoms with Gasteiger partial charge >= 0.3 is 0 Å². The fraction of sp³-hybridized carbons (Fsp3) is 0.529. The second kappa shape index (κ2) is 5.17. The predicted molar refractivity (Wildman–Crippen MR) is 86.9 cm³/mol. The van der Waals surface area contributed by atoms with Crippen LogP contribution in [-0.2, 0) is 0 Å². The van der Waals surface area contributed by atoms with Gasteiger partial charge in [-0.1, -0.05) is 0 Å². The summed E-state index contributed by atoms with van der Waals surface area (Å²) < 4.78 is 0. The Labute approximate surface area is 125 Å². The van der Waals surface area contributed by atoms with Crippen molar-refractivity contribution >= 4 is 22.4 Å². The van der Waals surface area contributed by atoms with Crippen molar-refractivity contribution in [3.05, 3.63) is 24.0 Å². The zero-order chi connectivity index (χ0) is 14.2. The lowest BCUT2D eigenvalue weighted by Gasteiger charge is -2.19. The first-order valence-electron chi connectivity index (χ1n) is 8.07. The summed E-state index contributed by atoms with van der Waals surface area (Å²) in [5.74, 6) is 2.86. The highest BCUT2D eigenvalue weighted by Gasteiger charge is 2.21. The van der Waals surface area contributed by atoms with Crippen molar-refractivity contribution in [2.24, 2.45) is 5.92 Å². The van der Waals surface area contributed by atoms with E-state index in [1.165, 1.54) is 36.8 Å². The summed E-state index contributed by atoms with van der Waals surface area (Å²) in [6.07, 6.45) is 5.29. The van der Waals surface area contributed by atoms with Crippen LogP contribution in [0.2, 0.25) is 0 Å². The molecule has 2 heterocycles. The number of hydrogen-bond donors (Lipinski definition) is 1. The Morgan fingerprint density at radius 3 is 2.76 bits per heavy atom. The van der Waals surface area contributed by atoms with E-state index in [0.717, 1.165) is 42.7 Å². The first-order valence-corrected chi connectivity index (χ1v) is 8.07. The number of aryl methyl sites for hydroxylation is 1. The van der Waals surface area contributed by atoms with Gasteiger partial charge in [0.25, 0.3) is 0 Å². The van der Waals surface area contributed by atoms with Gasteiger partial charge in [0.1, 0.15) is 11.6 Å².